The van der Waals surface area contributed by atoms with Crippen LogP contribution in [0, 0.1) is 0 Å². The predicted molar refractivity (Wildman–Crippen MR) is 62.1 cm³/mol. The van der Waals surface area contributed by atoms with Gasteiger partial charge in [0, 0.05) is 11.4 Å². The number of carbonyl (C=O) groups is 2. The first-order valence-corrected chi connectivity index (χ1v) is 5.75. The van der Waals surface area contributed by atoms with Crippen LogP contribution in [0.25, 0.3) is 0 Å². The predicted octanol–water partition coefficient (Wildman–Crippen LogP) is 1.33. The molecule has 3 N–H and O–H groups in total. The van der Waals surface area contributed by atoms with E-state index in [1.165, 1.54) is 11.3 Å². The van der Waals surface area contributed by atoms with Crippen molar-refractivity contribution in [3.63, 3.8) is 0 Å². The van der Waals surface area contributed by atoms with Crippen LogP contribution < -0.4 is 10.6 Å². The Kier molecular flexibility index (Phi) is 5.07. The first kappa shape index (κ1) is 12.8. The molecule has 0 aliphatic rings. The smallest absolute Gasteiger partial charge is 0.323 e. The quantitative estimate of drug-likeness (QED) is 0.749. The molecule has 0 aromatic carbocycles. The number of rotatable bonds is 5. The van der Waals surface area contributed by atoms with Gasteiger partial charge in [-0.05, 0) is 18.6 Å². The van der Waals surface area contributed by atoms with Gasteiger partial charge in [0.2, 0.25) is 0 Å². The number of hydrogen-bond donors (Lipinski definition) is 3. The van der Waals surface area contributed by atoms with Gasteiger partial charge >= 0.3 is 12.0 Å². The minimum Gasteiger partial charge on any atom is -0.480 e. The molecule has 2 amide bonds. The largest absolute Gasteiger partial charge is 0.480 e. The van der Waals surface area contributed by atoms with Crippen LogP contribution in [0.3, 0.4) is 0 Å². The van der Waals surface area contributed by atoms with E-state index in [-0.39, 0.29) is 6.54 Å². The summed E-state index contributed by atoms with van der Waals surface area (Å²) in [4.78, 5) is 22.3. The summed E-state index contributed by atoms with van der Waals surface area (Å²) >= 11 is 7.20. The van der Waals surface area contributed by atoms with E-state index in [0.717, 1.165) is 4.88 Å². The molecule has 16 heavy (non-hydrogen) atoms. The zero-order valence-corrected chi connectivity index (χ0v) is 9.90. The Bertz CT molecular complexity index is 381. The number of thiophene rings is 1. The van der Waals surface area contributed by atoms with Crippen molar-refractivity contribution in [1.29, 1.82) is 0 Å². The first-order valence-electron chi connectivity index (χ1n) is 4.55. The van der Waals surface area contributed by atoms with Gasteiger partial charge in [-0.15, -0.1) is 11.3 Å². The number of urea groups is 1. The van der Waals surface area contributed by atoms with Gasteiger partial charge in [-0.2, -0.15) is 0 Å². The van der Waals surface area contributed by atoms with Crippen LogP contribution in [0.2, 0.25) is 4.34 Å². The second-order valence-corrected chi connectivity index (χ2v) is 4.76. The number of carbonyl (C=O) groups excluding carboxylic acids is 1. The number of halogens is 1. The second kappa shape index (κ2) is 6.34. The van der Waals surface area contributed by atoms with Crippen molar-refractivity contribution in [3.8, 4) is 0 Å². The first-order chi connectivity index (χ1) is 7.58. The lowest BCUT2D eigenvalue weighted by atomic mass is 10.3. The molecule has 0 unspecified atom stereocenters. The topological polar surface area (TPSA) is 78.4 Å². The number of carboxylic acids is 1. The standard InChI is InChI=1S/C9H11ClN2O3S/c10-7-2-1-6(16-7)3-4-11-9(15)12-5-8(13)14/h1-2H,3-5H2,(H,13,14)(H2,11,12,15). The number of amides is 2. The summed E-state index contributed by atoms with van der Waals surface area (Å²) in [5.74, 6) is -1.07. The Hall–Kier alpha value is -1.27. The van der Waals surface area contributed by atoms with Crippen molar-refractivity contribution >= 4 is 34.9 Å². The number of hydrogen-bond acceptors (Lipinski definition) is 3. The molecule has 0 saturated heterocycles. The minimum atomic E-state index is -1.07. The van der Waals surface area contributed by atoms with Crippen LogP contribution in [0.15, 0.2) is 12.1 Å². The Morgan fingerprint density at radius 2 is 2.12 bits per heavy atom. The van der Waals surface area contributed by atoms with Crippen molar-refractivity contribution in [2.75, 3.05) is 13.1 Å². The van der Waals surface area contributed by atoms with Crippen LogP contribution in [0.5, 0.6) is 0 Å². The van der Waals surface area contributed by atoms with E-state index < -0.39 is 12.0 Å². The summed E-state index contributed by atoms with van der Waals surface area (Å²) in [6, 6.07) is 3.21. The van der Waals surface area contributed by atoms with E-state index in [4.69, 9.17) is 16.7 Å². The zero-order valence-electron chi connectivity index (χ0n) is 8.33. The highest BCUT2D eigenvalue weighted by Gasteiger charge is 2.03. The van der Waals surface area contributed by atoms with Gasteiger partial charge in [0.15, 0.2) is 0 Å². The minimum absolute atomic E-state index is 0.378. The normalized spacial score (nSPS) is 9.81. The molecule has 0 saturated carbocycles. The monoisotopic (exact) mass is 262 g/mol. The van der Waals surface area contributed by atoms with Gasteiger partial charge < -0.3 is 15.7 Å². The molecule has 1 heterocycles. The van der Waals surface area contributed by atoms with E-state index in [1.807, 2.05) is 6.07 Å². The highest BCUT2D eigenvalue weighted by Crippen LogP contribution is 2.21. The summed E-state index contributed by atoms with van der Waals surface area (Å²) in [7, 11) is 0. The fraction of sp³-hybridized carbons (Fsp3) is 0.333. The number of aliphatic carboxylic acids is 1. The van der Waals surface area contributed by atoms with Gasteiger partial charge in [0.05, 0.1) is 4.34 Å². The molecule has 0 spiro atoms. The Labute approximate surface area is 101 Å². The third-order valence-corrected chi connectivity index (χ3v) is 2.98. The van der Waals surface area contributed by atoms with Crippen LogP contribution in [-0.2, 0) is 11.2 Å². The van der Waals surface area contributed by atoms with E-state index in [2.05, 4.69) is 10.6 Å². The highest BCUT2D eigenvalue weighted by molar-refractivity contribution is 7.16. The van der Waals surface area contributed by atoms with Crippen molar-refractivity contribution in [2.45, 2.75) is 6.42 Å². The molecule has 0 radical (unpaired) electrons. The van der Waals surface area contributed by atoms with Crippen molar-refractivity contribution in [3.05, 3.63) is 21.3 Å². The summed E-state index contributed by atoms with van der Waals surface area (Å²) in [6.45, 7) is 0.0684. The molecule has 1 aromatic rings. The number of carboxylic acid groups (broad SMARTS) is 1. The van der Waals surface area contributed by atoms with Gasteiger partial charge in [-0.25, -0.2) is 4.79 Å². The average Bonchev–Trinajstić information content (AvgIpc) is 2.61. The molecular weight excluding hydrogens is 252 g/mol. The SMILES string of the molecule is O=C(O)CNC(=O)NCCc1ccc(Cl)s1. The maximum absolute atomic E-state index is 11.0. The maximum atomic E-state index is 11.0. The zero-order chi connectivity index (χ0) is 12.0. The van der Waals surface area contributed by atoms with Gasteiger partial charge in [0.25, 0.3) is 0 Å². The van der Waals surface area contributed by atoms with Crippen LogP contribution in [-0.4, -0.2) is 30.2 Å². The van der Waals surface area contributed by atoms with Crippen molar-refractivity contribution < 1.29 is 14.7 Å². The summed E-state index contributed by atoms with van der Waals surface area (Å²) in [5.41, 5.74) is 0. The van der Waals surface area contributed by atoms with E-state index in [1.54, 1.807) is 6.07 Å². The fourth-order valence-electron chi connectivity index (χ4n) is 1.00. The summed E-state index contributed by atoms with van der Waals surface area (Å²) < 4.78 is 0.713. The highest BCUT2D eigenvalue weighted by atomic mass is 35.5. The summed E-state index contributed by atoms with van der Waals surface area (Å²) in [5, 5.41) is 13.1. The molecule has 1 rings (SSSR count). The Morgan fingerprint density at radius 3 is 2.69 bits per heavy atom. The molecule has 0 aliphatic carbocycles. The lowest BCUT2D eigenvalue weighted by Crippen LogP contribution is -2.39. The number of nitrogens with one attached hydrogen (secondary N) is 2. The van der Waals surface area contributed by atoms with Crippen molar-refractivity contribution in [2.24, 2.45) is 0 Å². The van der Waals surface area contributed by atoms with Gasteiger partial charge in [-0.1, -0.05) is 11.6 Å². The second-order valence-electron chi connectivity index (χ2n) is 2.96. The maximum Gasteiger partial charge on any atom is 0.323 e. The Morgan fingerprint density at radius 1 is 1.38 bits per heavy atom. The van der Waals surface area contributed by atoms with Crippen LogP contribution >= 0.6 is 22.9 Å². The lowest BCUT2D eigenvalue weighted by Gasteiger charge is -2.04. The van der Waals surface area contributed by atoms with Crippen molar-refractivity contribution in [1.82, 2.24) is 10.6 Å². The molecule has 5 nitrogen and oxygen atoms in total. The van der Waals surface area contributed by atoms with Crippen LogP contribution in [0.1, 0.15) is 4.88 Å². The third-order valence-electron chi connectivity index (χ3n) is 1.69. The van der Waals surface area contributed by atoms with E-state index in [9.17, 15) is 9.59 Å². The third kappa shape index (κ3) is 4.99. The Balaban J connectivity index is 2.15. The van der Waals surface area contributed by atoms with Crippen LogP contribution in [0.4, 0.5) is 4.79 Å². The molecule has 0 aliphatic heterocycles. The molecular formula is C9H11ClN2O3S. The molecule has 0 fully saturated rings. The van der Waals surface area contributed by atoms with Gasteiger partial charge in [0.1, 0.15) is 6.54 Å². The molecule has 1 aromatic heterocycles. The fourth-order valence-corrected chi connectivity index (χ4v) is 2.09. The molecule has 7 heteroatoms. The lowest BCUT2D eigenvalue weighted by molar-refractivity contribution is -0.135. The molecule has 0 atom stereocenters. The van der Waals surface area contributed by atoms with E-state index in [0.29, 0.717) is 17.3 Å². The van der Waals surface area contributed by atoms with Gasteiger partial charge in [-0.3, -0.25) is 4.79 Å². The average molecular weight is 263 g/mol. The molecule has 88 valence electrons. The van der Waals surface area contributed by atoms with E-state index >= 15 is 0 Å². The summed E-state index contributed by atoms with van der Waals surface area (Å²) in [6.07, 6.45) is 0.678. The molecule has 0 bridgehead atoms.